The van der Waals surface area contributed by atoms with Gasteiger partial charge in [-0.15, -0.1) is 0 Å². The van der Waals surface area contributed by atoms with E-state index < -0.39 is 5.72 Å². The van der Waals surface area contributed by atoms with Crippen LogP contribution in [0.1, 0.15) is 36.4 Å². The standard InChI is InChI=1S/C26H27N2O2/c1-30-23-17-15-22(16-18-23)28-25-14-8-13-24(20-9-4-2-5-10-20)27(25)19-26(28,29)21-11-6-3-7-12-21/h2-7,9-12,15-18,24,29H,8,13-14,19H2,1H3/q+1. The fourth-order valence-corrected chi connectivity index (χ4v) is 4.94. The van der Waals surface area contributed by atoms with Crippen molar-refractivity contribution in [2.24, 2.45) is 0 Å². The second-order valence-electron chi connectivity index (χ2n) is 8.08. The molecule has 30 heavy (non-hydrogen) atoms. The van der Waals surface area contributed by atoms with Gasteiger partial charge in [0.25, 0.3) is 11.6 Å². The Hall–Kier alpha value is -3.11. The monoisotopic (exact) mass is 399 g/mol. The lowest BCUT2D eigenvalue weighted by Gasteiger charge is -2.29. The highest BCUT2D eigenvalue weighted by molar-refractivity contribution is 5.97. The van der Waals surface area contributed by atoms with E-state index in [1.165, 1.54) is 11.4 Å². The fourth-order valence-electron chi connectivity index (χ4n) is 4.94. The first-order valence-electron chi connectivity index (χ1n) is 10.6. The molecule has 2 aliphatic rings. The van der Waals surface area contributed by atoms with E-state index in [0.29, 0.717) is 6.54 Å². The minimum Gasteiger partial charge on any atom is -0.497 e. The molecule has 3 aromatic carbocycles. The molecule has 152 valence electrons. The average Bonchev–Trinajstić information content (AvgIpc) is 3.13. The summed E-state index contributed by atoms with van der Waals surface area (Å²) in [4.78, 5) is 2.14. The van der Waals surface area contributed by atoms with Gasteiger partial charge in [-0.1, -0.05) is 60.7 Å². The van der Waals surface area contributed by atoms with Crippen molar-refractivity contribution in [2.45, 2.75) is 31.0 Å². The number of anilines is 1. The number of nitrogens with zero attached hydrogens (tertiary/aromatic N) is 2. The van der Waals surface area contributed by atoms with Crippen LogP contribution >= 0.6 is 0 Å². The predicted octanol–water partition coefficient (Wildman–Crippen LogP) is 4.70. The van der Waals surface area contributed by atoms with Gasteiger partial charge in [0.15, 0.2) is 6.54 Å². The Morgan fingerprint density at radius 3 is 2.27 bits per heavy atom. The Kier molecular flexibility index (Phi) is 4.80. The maximum absolute atomic E-state index is 12.1. The van der Waals surface area contributed by atoms with Crippen molar-refractivity contribution in [3.63, 3.8) is 0 Å². The molecule has 0 spiro atoms. The zero-order valence-corrected chi connectivity index (χ0v) is 17.2. The first-order chi connectivity index (χ1) is 14.7. The van der Waals surface area contributed by atoms with Crippen molar-refractivity contribution in [1.29, 1.82) is 0 Å². The highest BCUT2D eigenvalue weighted by Gasteiger charge is 2.56. The van der Waals surface area contributed by atoms with Crippen molar-refractivity contribution in [3.8, 4) is 5.75 Å². The molecule has 0 radical (unpaired) electrons. The number of aliphatic hydroxyl groups is 1. The molecule has 4 heteroatoms. The van der Waals surface area contributed by atoms with Gasteiger partial charge in [0.1, 0.15) is 17.5 Å². The third-order valence-electron chi connectivity index (χ3n) is 6.36. The molecule has 0 fully saturated rings. The molecule has 0 saturated heterocycles. The lowest BCUT2D eigenvalue weighted by Crippen LogP contribution is -2.47. The summed E-state index contributed by atoms with van der Waals surface area (Å²) < 4.78 is 7.76. The van der Waals surface area contributed by atoms with Crippen LogP contribution in [0, 0.1) is 0 Å². The van der Waals surface area contributed by atoms with Gasteiger partial charge in [-0.05, 0) is 42.7 Å². The minimum absolute atomic E-state index is 0.272. The summed E-state index contributed by atoms with van der Waals surface area (Å²) in [6.45, 7) is 0.540. The van der Waals surface area contributed by atoms with Crippen LogP contribution in [-0.4, -0.2) is 29.2 Å². The number of rotatable bonds is 4. The zero-order valence-electron chi connectivity index (χ0n) is 17.2. The second kappa shape index (κ2) is 7.62. The zero-order chi connectivity index (χ0) is 20.6. The summed E-state index contributed by atoms with van der Waals surface area (Å²) in [5.74, 6) is 2.00. The third kappa shape index (κ3) is 3.08. The van der Waals surface area contributed by atoms with Gasteiger partial charge in [0, 0.05) is 12.0 Å². The molecule has 1 N–H and O–H groups in total. The molecule has 3 aromatic rings. The molecular weight excluding hydrogens is 372 g/mol. The topological polar surface area (TPSA) is 35.7 Å². The van der Waals surface area contributed by atoms with E-state index in [4.69, 9.17) is 4.74 Å². The minimum atomic E-state index is -1.12. The van der Waals surface area contributed by atoms with Crippen molar-refractivity contribution >= 4 is 11.5 Å². The van der Waals surface area contributed by atoms with Crippen molar-refractivity contribution < 1.29 is 14.4 Å². The van der Waals surface area contributed by atoms with Crippen LogP contribution in [-0.2, 0) is 5.72 Å². The van der Waals surface area contributed by atoms with E-state index in [9.17, 15) is 5.11 Å². The van der Waals surface area contributed by atoms with Crippen LogP contribution in [0.3, 0.4) is 0 Å². The summed E-state index contributed by atoms with van der Waals surface area (Å²) in [5.41, 5.74) is 2.08. The van der Waals surface area contributed by atoms with Gasteiger partial charge in [-0.2, -0.15) is 4.90 Å². The second-order valence-corrected chi connectivity index (χ2v) is 8.08. The van der Waals surface area contributed by atoms with Crippen LogP contribution in [0.25, 0.3) is 0 Å². The van der Waals surface area contributed by atoms with E-state index in [1.54, 1.807) is 7.11 Å². The van der Waals surface area contributed by atoms with E-state index in [-0.39, 0.29) is 6.04 Å². The number of amidine groups is 1. The summed E-state index contributed by atoms with van der Waals surface area (Å²) in [6.07, 6.45) is 3.14. The van der Waals surface area contributed by atoms with Gasteiger partial charge in [0.2, 0.25) is 0 Å². The Bertz CT molecular complexity index is 1050. The Balaban J connectivity index is 1.65. The van der Waals surface area contributed by atoms with Gasteiger partial charge in [0.05, 0.1) is 7.11 Å². The lowest BCUT2D eigenvalue weighted by molar-refractivity contribution is -0.582. The number of methoxy groups -OCH3 is 1. The molecule has 0 aliphatic carbocycles. The smallest absolute Gasteiger partial charge is 0.275 e. The molecule has 4 nitrogen and oxygen atoms in total. The maximum Gasteiger partial charge on any atom is 0.275 e. The molecule has 5 rings (SSSR count). The molecule has 0 amide bonds. The average molecular weight is 400 g/mol. The normalized spacial score (nSPS) is 23.4. The molecule has 2 aliphatic heterocycles. The van der Waals surface area contributed by atoms with Gasteiger partial charge >= 0.3 is 0 Å². The van der Waals surface area contributed by atoms with Crippen molar-refractivity contribution in [1.82, 2.24) is 0 Å². The van der Waals surface area contributed by atoms with Crippen LogP contribution in [0.4, 0.5) is 5.69 Å². The Labute approximate surface area is 177 Å². The highest BCUT2D eigenvalue weighted by Crippen LogP contribution is 2.42. The molecule has 0 bridgehead atoms. The molecular formula is C26H27N2O2+. The fraction of sp³-hybridized carbons (Fsp3) is 0.269. The lowest BCUT2D eigenvalue weighted by atomic mass is 9.97. The third-order valence-corrected chi connectivity index (χ3v) is 6.36. The summed E-state index contributed by atoms with van der Waals surface area (Å²) >= 11 is 0. The quantitative estimate of drug-likeness (QED) is 0.646. The number of hydrogen-bond donors (Lipinski definition) is 1. The van der Waals surface area contributed by atoms with Crippen LogP contribution in [0.2, 0.25) is 0 Å². The number of ether oxygens (including phenoxy) is 1. The highest BCUT2D eigenvalue weighted by atomic mass is 16.5. The first-order valence-corrected chi connectivity index (χ1v) is 10.6. The molecule has 0 saturated carbocycles. The van der Waals surface area contributed by atoms with Gasteiger partial charge < -0.3 is 9.84 Å². The van der Waals surface area contributed by atoms with Crippen molar-refractivity contribution in [3.05, 3.63) is 96.1 Å². The van der Waals surface area contributed by atoms with E-state index >= 15 is 0 Å². The van der Waals surface area contributed by atoms with Gasteiger partial charge in [-0.25, -0.2) is 0 Å². The Morgan fingerprint density at radius 1 is 0.933 bits per heavy atom. The largest absolute Gasteiger partial charge is 0.497 e. The molecule has 2 unspecified atom stereocenters. The number of benzene rings is 3. The molecule has 2 heterocycles. The van der Waals surface area contributed by atoms with Crippen LogP contribution < -0.4 is 9.64 Å². The number of hydrogen-bond acceptors (Lipinski definition) is 3. The van der Waals surface area contributed by atoms with E-state index in [0.717, 1.165) is 36.3 Å². The molecule has 2 atom stereocenters. The molecule has 0 aromatic heterocycles. The van der Waals surface area contributed by atoms with Crippen LogP contribution in [0.5, 0.6) is 5.75 Å². The Morgan fingerprint density at radius 2 is 1.60 bits per heavy atom. The van der Waals surface area contributed by atoms with Gasteiger partial charge in [-0.3, -0.25) is 4.58 Å². The summed E-state index contributed by atoms with van der Waals surface area (Å²) in [6, 6.07) is 29.0. The van der Waals surface area contributed by atoms with Crippen molar-refractivity contribution in [2.75, 3.05) is 18.6 Å². The van der Waals surface area contributed by atoms with Crippen LogP contribution in [0.15, 0.2) is 84.9 Å². The summed E-state index contributed by atoms with van der Waals surface area (Å²) in [5, 5.41) is 12.1. The SMILES string of the molecule is COc1ccc(N2C3=[N+](CC2(O)c2ccccc2)C(c2ccccc2)CCC3)cc1. The summed E-state index contributed by atoms with van der Waals surface area (Å²) in [7, 11) is 1.67. The maximum atomic E-state index is 12.1. The predicted molar refractivity (Wildman–Crippen MR) is 119 cm³/mol. The van der Waals surface area contributed by atoms with E-state index in [1.807, 2.05) is 54.6 Å². The van der Waals surface area contributed by atoms with E-state index in [2.05, 4.69) is 39.8 Å². The first kappa shape index (κ1) is 18.9.